The maximum Gasteiger partial charge on any atom is 0.304 e. The number of benzene rings is 1. The first kappa shape index (κ1) is 14.7. The molecule has 0 bridgehead atoms. The molecule has 3 heteroatoms. The van der Waals surface area contributed by atoms with Gasteiger partial charge in [-0.05, 0) is 24.9 Å². The number of nitrogens with zero attached hydrogens (tertiary/aromatic N) is 1. The van der Waals surface area contributed by atoms with Crippen molar-refractivity contribution in [2.45, 2.75) is 32.6 Å². The van der Waals surface area contributed by atoms with E-state index >= 15 is 0 Å². The molecule has 100 valence electrons. The lowest BCUT2D eigenvalue weighted by molar-refractivity contribution is -0.137. The van der Waals surface area contributed by atoms with Gasteiger partial charge >= 0.3 is 5.97 Å². The molecule has 18 heavy (non-hydrogen) atoms. The average molecular weight is 249 g/mol. The van der Waals surface area contributed by atoms with Gasteiger partial charge in [-0.2, -0.15) is 0 Å². The van der Waals surface area contributed by atoms with Crippen LogP contribution in [0.3, 0.4) is 0 Å². The normalized spacial score (nSPS) is 10.8. The summed E-state index contributed by atoms with van der Waals surface area (Å²) in [7, 11) is 0. The van der Waals surface area contributed by atoms with E-state index in [1.165, 1.54) is 5.56 Å². The second-order valence-corrected chi connectivity index (χ2v) is 4.57. The van der Waals surface area contributed by atoms with Crippen LogP contribution in [0.15, 0.2) is 30.3 Å². The number of unbranched alkanes of at least 4 members (excludes halogenated alkanes) is 1. The van der Waals surface area contributed by atoms with Crippen LogP contribution >= 0.6 is 0 Å². The van der Waals surface area contributed by atoms with E-state index in [4.69, 9.17) is 5.11 Å². The Morgan fingerprint density at radius 2 is 1.89 bits per heavy atom. The lowest BCUT2D eigenvalue weighted by Crippen LogP contribution is -2.29. The van der Waals surface area contributed by atoms with Gasteiger partial charge in [-0.3, -0.25) is 4.79 Å². The molecule has 0 aliphatic rings. The minimum absolute atomic E-state index is 0.235. The molecule has 0 atom stereocenters. The zero-order valence-corrected chi connectivity index (χ0v) is 11.1. The Morgan fingerprint density at radius 3 is 2.50 bits per heavy atom. The van der Waals surface area contributed by atoms with Crippen molar-refractivity contribution in [2.75, 3.05) is 19.6 Å². The van der Waals surface area contributed by atoms with Gasteiger partial charge in [-0.25, -0.2) is 0 Å². The number of rotatable bonds is 9. The van der Waals surface area contributed by atoms with Gasteiger partial charge in [0, 0.05) is 13.1 Å². The number of hydrogen-bond donors (Lipinski definition) is 1. The summed E-state index contributed by atoms with van der Waals surface area (Å²) in [6.45, 7) is 4.75. The molecule has 0 saturated carbocycles. The molecule has 0 aliphatic carbocycles. The second-order valence-electron chi connectivity index (χ2n) is 4.57. The highest BCUT2D eigenvalue weighted by Crippen LogP contribution is 2.03. The Bertz CT molecular complexity index is 338. The lowest BCUT2D eigenvalue weighted by atomic mass is 10.1. The van der Waals surface area contributed by atoms with Crippen molar-refractivity contribution in [3.05, 3.63) is 35.9 Å². The number of carboxylic acid groups (broad SMARTS) is 1. The molecule has 0 aromatic heterocycles. The smallest absolute Gasteiger partial charge is 0.304 e. The molecule has 1 aromatic carbocycles. The Labute approximate surface area is 109 Å². The molecular formula is C15H23NO2. The fraction of sp³-hybridized carbons (Fsp3) is 0.533. The monoisotopic (exact) mass is 249 g/mol. The highest BCUT2D eigenvalue weighted by Gasteiger charge is 2.07. The molecule has 0 amide bonds. The van der Waals surface area contributed by atoms with Crippen LogP contribution in [-0.2, 0) is 11.2 Å². The first-order valence-electron chi connectivity index (χ1n) is 6.70. The third-order valence-electron chi connectivity index (χ3n) is 3.03. The molecule has 0 aliphatic heterocycles. The summed E-state index contributed by atoms with van der Waals surface area (Å²) in [6, 6.07) is 10.3. The zero-order chi connectivity index (χ0) is 13.2. The largest absolute Gasteiger partial charge is 0.481 e. The summed E-state index contributed by atoms with van der Waals surface area (Å²) in [5.41, 5.74) is 1.31. The van der Waals surface area contributed by atoms with Crippen molar-refractivity contribution < 1.29 is 9.90 Å². The van der Waals surface area contributed by atoms with Crippen LogP contribution in [-0.4, -0.2) is 35.6 Å². The lowest BCUT2D eigenvalue weighted by Gasteiger charge is -2.21. The summed E-state index contributed by atoms with van der Waals surface area (Å²) in [4.78, 5) is 12.9. The van der Waals surface area contributed by atoms with E-state index in [9.17, 15) is 4.79 Å². The Kier molecular flexibility index (Phi) is 7.11. The molecule has 0 fully saturated rings. The van der Waals surface area contributed by atoms with Crippen molar-refractivity contribution in [1.82, 2.24) is 4.90 Å². The van der Waals surface area contributed by atoms with Gasteiger partial charge in [0.15, 0.2) is 0 Å². The molecule has 0 heterocycles. The minimum atomic E-state index is -0.712. The van der Waals surface area contributed by atoms with Gasteiger partial charge in [-0.1, -0.05) is 43.7 Å². The van der Waals surface area contributed by atoms with Gasteiger partial charge in [0.25, 0.3) is 0 Å². The van der Waals surface area contributed by atoms with Crippen molar-refractivity contribution >= 4 is 5.97 Å². The second kappa shape index (κ2) is 8.70. The fourth-order valence-electron chi connectivity index (χ4n) is 1.90. The third kappa shape index (κ3) is 6.40. The Morgan fingerprint density at radius 1 is 1.17 bits per heavy atom. The van der Waals surface area contributed by atoms with E-state index < -0.39 is 5.97 Å². The van der Waals surface area contributed by atoms with Crippen LogP contribution < -0.4 is 0 Å². The fourth-order valence-corrected chi connectivity index (χ4v) is 1.90. The SMILES string of the molecule is CCCCN(CCC(=O)O)CCc1ccccc1. The highest BCUT2D eigenvalue weighted by atomic mass is 16.4. The zero-order valence-electron chi connectivity index (χ0n) is 11.1. The van der Waals surface area contributed by atoms with E-state index in [1.807, 2.05) is 18.2 Å². The Balaban J connectivity index is 2.37. The number of hydrogen-bond acceptors (Lipinski definition) is 2. The summed E-state index contributed by atoms with van der Waals surface area (Å²) in [6.07, 6.45) is 3.51. The highest BCUT2D eigenvalue weighted by molar-refractivity contribution is 5.66. The molecule has 1 N–H and O–H groups in total. The molecule has 0 spiro atoms. The summed E-state index contributed by atoms with van der Waals surface area (Å²) >= 11 is 0. The molecular weight excluding hydrogens is 226 g/mol. The van der Waals surface area contributed by atoms with Crippen LogP contribution in [0.1, 0.15) is 31.7 Å². The molecule has 3 nitrogen and oxygen atoms in total. The molecule has 0 unspecified atom stereocenters. The number of carboxylic acids is 1. The van der Waals surface area contributed by atoms with Crippen molar-refractivity contribution in [3.63, 3.8) is 0 Å². The number of carbonyl (C=O) groups is 1. The van der Waals surface area contributed by atoms with Crippen molar-refractivity contribution in [2.24, 2.45) is 0 Å². The minimum Gasteiger partial charge on any atom is -0.481 e. The molecule has 1 aromatic rings. The molecule has 1 rings (SSSR count). The van der Waals surface area contributed by atoms with Crippen LogP contribution in [0.4, 0.5) is 0 Å². The van der Waals surface area contributed by atoms with E-state index in [1.54, 1.807) is 0 Å². The first-order valence-corrected chi connectivity index (χ1v) is 6.70. The van der Waals surface area contributed by atoms with Crippen LogP contribution in [0.25, 0.3) is 0 Å². The van der Waals surface area contributed by atoms with Crippen LogP contribution in [0.2, 0.25) is 0 Å². The van der Waals surface area contributed by atoms with Crippen molar-refractivity contribution in [1.29, 1.82) is 0 Å². The maximum absolute atomic E-state index is 10.6. The van der Waals surface area contributed by atoms with Gasteiger partial charge in [-0.15, -0.1) is 0 Å². The van der Waals surface area contributed by atoms with Crippen molar-refractivity contribution in [3.8, 4) is 0 Å². The summed E-state index contributed by atoms with van der Waals surface area (Å²) in [5, 5.41) is 8.75. The predicted octanol–water partition coefficient (Wildman–Crippen LogP) is 2.81. The molecule has 0 radical (unpaired) electrons. The van der Waals surface area contributed by atoms with E-state index in [2.05, 4.69) is 24.0 Å². The standard InChI is InChI=1S/C15H23NO2/c1-2-3-11-16(13-10-15(17)18)12-9-14-7-5-4-6-8-14/h4-8H,2-3,9-13H2,1H3,(H,17,18). The van der Waals surface area contributed by atoms with Gasteiger partial charge in [0.05, 0.1) is 6.42 Å². The average Bonchev–Trinajstić information content (AvgIpc) is 2.39. The van der Waals surface area contributed by atoms with Gasteiger partial charge < -0.3 is 10.0 Å². The van der Waals surface area contributed by atoms with E-state index in [0.29, 0.717) is 6.54 Å². The molecule has 0 saturated heterocycles. The van der Waals surface area contributed by atoms with E-state index in [-0.39, 0.29) is 6.42 Å². The van der Waals surface area contributed by atoms with Gasteiger partial charge in [0.1, 0.15) is 0 Å². The predicted molar refractivity (Wildman–Crippen MR) is 73.7 cm³/mol. The Hall–Kier alpha value is -1.35. The van der Waals surface area contributed by atoms with Gasteiger partial charge in [0.2, 0.25) is 0 Å². The van der Waals surface area contributed by atoms with E-state index in [0.717, 1.165) is 32.4 Å². The first-order chi connectivity index (χ1) is 8.72. The maximum atomic E-state index is 10.6. The summed E-state index contributed by atoms with van der Waals surface area (Å²) < 4.78 is 0. The quantitative estimate of drug-likeness (QED) is 0.731. The topological polar surface area (TPSA) is 40.5 Å². The third-order valence-corrected chi connectivity index (χ3v) is 3.03. The number of aliphatic carboxylic acids is 1. The summed E-state index contributed by atoms with van der Waals surface area (Å²) in [5.74, 6) is -0.712. The van der Waals surface area contributed by atoms with Crippen LogP contribution in [0.5, 0.6) is 0 Å². The van der Waals surface area contributed by atoms with Crippen LogP contribution in [0, 0.1) is 0 Å².